The van der Waals surface area contributed by atoms with Gasteiger partial charge in [-0.2, -0.15) is 0 Å². The van der Waals surface area contributed by atoms with Crippen LogP contribution >= 0.6 is 0 Å². The predicted molar refractivity (Wildman–Crippen MR) is 322 cm³/mol. The lowest BCUT2D eigenvalue weighted by Gasteiger charge is -2.46. The van der Waals surface area contributed by atoms with Crippen LogP contribution in [0.5, 0.6) is 0 Å². The molecule has 5 aromatic rings. The van der Waals surface area contributed by atoms with Gasteiger partial charge in [-0.3, -0.25) is 4.90 Å². The van der Waals surface area contributed by atoms with Gasteiger partial charge in [0.2, 0.25) is 5.88 Å². The van der Waals surface area contributed by atoms with Gasteiger partial charge < -0.3 is 9.32 Å². The molecule has 1 aromatic heterocycles. The van der Waals surface area contributed by atoms with E-state index in [1.165, 1.54) is 113 Å². The quantitative estimate of drug-likeness (QED) is 0.133. The first-order valence-electron chi connectivity index (χ1n) is 28.9. The summed E-state index contributed by atoms with van der Waals surface area (Å²) in [6.45, 7) is 43.8. The number of fused-ring (bicyclic) bond motifs is 8. The van der Waals surface area contributed by atoms with Gasteiger partial charge in [-0.05, 0) is 205 Å². The van der Waals surface area contributed by atoms with Crippen LogP contribution in [0.2, 0.25) is 0 Å². The summed E-state index contributed by atoms with van der Waals surface area (Å²) >= 11 is 0. The van der Waals surface area contributed by atoms with Crippen molar-refractivity contribution in [3.63, 3.8) is 0 Å². The number of nitrogens with zero attached hydrogens (tertiary/aromatic N) is 2. The first-order chi connectivity index (χ1) is 34.9. The standard InChI is InChI=1S/C71H85BN2O/c1-64(2,3)44-25-22-26-56-55(35-44)72-61-48-40-52-54(71(17,18)34-32-69(52,13)14)42-60(48)75-63(61)73(46-27-28-49-50(38-46)67(9,10)30-29-66(49,7)8)58-36-45(65(4,5)6)37-59(62(58)72)74(56)57-41-53-51(68(11,12)31-33-70(53,15)16)39-47(57)43-23-20-19-21-24-43/h19-20,23,27-28,35-42H,21,24-25,29-34H2,1-18H3. The molecule has 0 unspecified atom stereocenters. The van der Waals surface area contributed by atoms with E-state index in [9.17, 15) is 0 Å². The van der Waals surface area contributed by atoms with Gasteiger partial charge in [-0.1, -0.05) is 166 Å². The molecule has 0 radical (unpaired) electrons. The van der Waals surface area contributed by atoms with Crippen LogP contribution in [0.25, 0.3) is 16.5 Å². The van der Waals surface area contributed by atoms with Crippen LogP contribution < -0.4 is 20.7 Å². The number of hydrogen-bond acceptors (Lipinski definition) is 3. The third kappa shape index (κ3) is 7.72. The Balaban J connectivity index is 1.27. The van der Waals surface area contributed by atoms with Crippen LogP contribution in [0.1, 0.15) is 227 Å². The number of benzene rings is 4. The van der Waals surface area contributed by atoms with Crippen molar-refractivity contribution in [3.05, 3.63) is 140 Å². The van der Waals surface area contributed by atoms with Gasteiger partial charge in [0.1, 0.15) is 5.58 Å². The summed E-state index contributed by atoms with van der Waals surface area (Å²) in [7, 11) is 0. The van der Waals surface area contributed by atoms with E-state index < -0.39 is 0 Å². The average molecular weight is 993 g/mol. The molecule has 12 rings (SSSR count). The Kier molecular flexibility index (Phi) is 10.8. The lowest BCUT2D eigenvalue weighted by Crippen LogP contribution is -2.55. The fourth-order valence-corrected chi connectivity index (χ4v) is 14.6. The van der Waals surface area contributed by atoms with Crippen LogP contribution in [0.4, 0.5) is 28.6 Å². The van der Waals surface area contributed by atoms with Crippen LogP contribution in [-0.4, -0.2) is 6.71 Å². The van der Waals surface area contributed by atoms with Crippen molar-refractivity contribution < 1.29 is 4.42 Å². The average Bonchev–Trinajstić information content (AvgIpc) is 3.57. The third-order valence-electron chi connectivity index (χ3n) is 20.2. The molecule has 0 saturated carbocycles. The maximum Gasteiger partial charge on any atom is 0.258 e. The smallest absolute Gasteiger partial charge is 0.258 e. The van der Waals surface area contributed by atoms with Crippen LogP contribution in [0, 0.1) is 17.3 Å². The highest BCUT2D eigenvalue weighted by atomic mass is 16.4. The molecule has 0 atom stereocenters. The Morgan fingerprint density at radius 1 is 0.560 bits per heavy atom. The second kappa shape index (κ2) is 16.1. The van der Waals surface area contributed by atoms with E-state index in [4.69, 9.17) is 4.42 Å². The number of hydrogen-bond donors (Lipinski definition) is 0. The van der Waals surface area contributed by atoms with E-state index in [0.717, 1.165) is 62.1 Å². The topological polar surface area (TPSA) is 19.6 Å². The van der Waals surface area contributed by atoms with Crippen LogP contribution in [0.3, 0.4) is 0 Å². The molecule has 0 spiro atoms. The second-order valence-corrected chi connectivity index (χ2v) is 30.3. The third-order valence-corrected chi connectivity index (χ3v) is 20.2. The van der Waals surface area contributed by atoms with Crippen molar-refractivity contribution in [2.24, 2.45) is 5.41 Å². The van der Waals surface area contributed by atoms with Crippen molar-refractivity contribution in [3.8, 4) is 11.8 Å². The van der Waals surface area contributed by atoms with Crippen molar-refractivity contribution in [1.82, 2.24) is 0 Å². The van der Waals surface area contributed by atoms with Gasteiger partial charge in [-0.25, -0.2) is 0 Å². The molecule has 388 valence electrons. The monoisotopic (exact) mass is 993 g/mol. The Hall–Kier alpha value is -5.40. The van der Waals surface area contributed by atoms with Crippen LogP contribution in [-0.2, 0) is 37.9 Å². The van der Waals surface area contributed by atoms with Crippen LogP contribution in [0.15, 0.2) is 100 Å². The molecule has 5 aliphatic carbocycles. The minimum absolute atomic E-state index is 0.00726. The lowest BCUT2D eigenvalue weighted by molar-refractivity contribution is 0.332. The normalized spacial score (nSPS) is 22.1. The highest BCUT2D eigenvalue weighted by Gasteiger charge is 2.50. The molecular formula is C71H85BN2O. The summed E-state index contributed by atoms with van der Waals surface area (Å²) in [6.07, 6.45) is 19.4. The molecule has 75 heavy (non-hydrogen) atoms. The Bertz CT molecular complexity index is 3500. The summed E-state index contributed by atoms with van der Waals surface area (Å²) in [6, 6.07) is 23.0. The fraction of sp³-hybridized carbons (Fsp3) is 0.493. The molecule has 0 N–H and O–H groups in total. The Morgan fingerprint density at radius 3 is 1.68 bits per heavy atom. The van der Waals surface area contributed by atoms with E-state index in [2.05, 4.69) is 225 Å². The number of furan rings is 1. The van der Waals surface area contributed by atoms with Crippen molar-refractivity contribution in [2.45, 2.75) is 220 Å². The number of anilines is 5. The summed E-state index contributed by atoms with van der Waals surface area (Å²) in [5.74, 6) is 8.87. The Labute approximate surface area is 452 Å². The number of rotatable bonds is 3. The fourth-order valence-electron chi connectivity index (χ4n) is 14.6. The maximum absolute atomic E-state index is 7.74. The molecule has 0 amide bonds. The molecular weight excluding hydrogens is 908 g/mol. The zero-order chi connectivity index (χ0) is 53.5. The SMILES string of the molecule is CC(C)(C)C1=CC2=C(C#CC1)N(c1cc3c(cc1C1=CC=CCC1)C(C)(C)CCC3(C)C)c1cc(C(C)(C)C)cc3c1B2c1c(oc2cc4c(cc12)C(C)(C)CCC4(C)C)N3c1ccc2c(c1)C(C)(C)CCC2(C)C. The summed E-state index contributed by atoms with van der Waals surface area (Å²) < 4.78 is 7.74. The zero-order valence-electron chi connectivity index (χ0n) is 49.2. The first-order valence-corrected chi connectivity index (χ1v) is 28.9. The molecule has 0 saturated heterocycles. The molecule has 4 aromatic carbocycles. The summed E-state index contributed by atoms with van der Waals surface area (Å²) in [5, 5.41) is 1.24. The van der Waals surface area contributed by atoms with E-state index in [-0.39, 0.29) is 50.0 Å². The van der Waals surface area contributed by atoms with Crippen molar-refractivity contribution in [1.29, 1.82) is 0 Å². The van der Waals surface area contributed by atoms with Gasteiger partial charge in [-0.15, -0.1) is 0 Å². The Morgan fingerprint density at radius 2 is 1.11 bits per heavy atom. The minimum Gasteiger partial charge on any atom is -0.440 e. The minimum atomic E-state index is -0.172. The van der Waals surface area contributed by atoms with Gasteiger partial charge in [0.05, 0.1) is 11.4 Å². The van der Waals surface area contributed by atoms with Gasteiger partial charge in [0, 0.05) is 39.9 Å². The summed E-state index contributed by atoms with van der Waals surface area (Å²) in [4.78, 5) is 5.28. The maximum atomic E-state index is 7.74. The molecule has 3 heterocycles. The van der Waals surface area contributed by atoms with Crippen molar-refractivity contribution in [2.75, 3.05) is 9.80 Å². The summed E-state index contributed by atoms with van der Waals surface area (Å²) in [5.41, 5.74) is 25.1. The van der Waals surface area contributed by atoms with Gasteiger partial charge in [0.15, 0.2) is 0 Å². The van der Waals surface area contributed by atoms with E-state index >= 15 is 0 Å². The predicted octanol–water partition coefficient (Wildman–Crippen LogP) is 18.2. The molecule has 3 nitrogen and oxygen atoms in total. The molecule has 2 aliphatic heterocycles. The zero-order valence-corrected chi connectivity index (χ0v) is 49.2. The highest BCUT2D eigenvalue weighted by Crippen LogP contribution is 2.56. The number of allylic oxidation sites excluding steroid dienone is 8. The van der Waals surface area contributed by atoms with E-state index in [1.807, 2.05) is 0 Å². The molecule has 4 heteroatoms. The molecule has 7 aliphatic rings. The molecule has 0 bridgehead atoms. The van der Waals surface area contributed by atoms with Gasteiger partial charge >= 0.3 is 0 Å². The first kappa shape index (κ1) is 50.4. The molecule has 0 fully saturated rings. The largest absolute Gasteiger partial charge is 0.440 e. The van der Waals surface area contributed by atoms with Gasteiger partial charge in [0.25, 0.3) is 6.71 Å². The lowest BCUT2D eigenvalue weighted by atomic mass is 9.32. The highest BCUT2D eigenvalue weighted by molar-refractivity contribution is 6.97. The second-order valence-electron chi connectivity index (χ2n) is 30.3. The van der Waals surface area contributed by atoms with E-state index in [1.54, 1.807) is 0 Å². The van der Waals surface area contributed by atoms with Crippen molar-refractivity contribution >= 4 is 62.8 Å². The van der Waals surface area contributed by atoms with E-state index in [0.29, 0.717) is 0 Å².